The van der Waals surface area contributed by atoms with Crippen molar-refractivity contribution in [2.24, 2.45) is 0 Å². The molecule has 0 radical (unpaired) electrons. The predicted octanol–water partition coefficient (Wildman–Crippen LogP) is 11.7. The molecule has 0 heteroatoms. The van der Waals surface area contributed by atoms with Crippen molar-refractivity contribution in [2.45, 2.75) is 46.5 Å². The number of rotatable bonds is 5. The molecule has 1 aliphatic carbocycles. The van der Waals surface area contributed by atoms with Gasteiger partial charge in [-0.1, -0.05) is 171 Å². The molecule has 0 amide bonds. The van der Waals surface area contributed by atoms with E-state index in [-0.39, 0.29) is 0 Å². The summed E-state index contributed by atoms with van der Waals surface area (Å²) in [7, 11) is 0. The Labute approximate surface area is 258 Å². The van der Waals surface area contributed by atoms with Crippen molar-refractivity contribution in [3.05, 3.63) is 185 Å². The summed E-state index contributed by atoms with van der Waals surface area (Å²) >= 11 is 0. The van der Waals surface area contributed by atoms with Crippen LogP contribution >= 0.6 is 0 Å². The first-order valence-electron chi connectivity index (χ1n) is 15.7. The fraction of sp³-hybridized carbons (Fsp3) is 0.163. The summed E-state index contributed by atoms with van der Waals surface area (Å²) in [6.07, 6.45) is 8.95. The van der Waals surface area contributed by atoms with Crippen LogP contribution in [0.4, 0.5) is 0 Å². The van der Waals surface area contributed by atoms with Gasteiger partial charge in [0.25, 0.3) is 0 Å². The van der Waals surface area contributed by atoms with Crippen LogP contribution in [-0.2, 0) is 19.3 Å². The van der Waals surface area contributed by atoms with Gasteiger partial charge < -0.3 is 0 Å². The molecule has 0 saturated carbocycles. The summed E-state index contributed by atoms with van der Waals surface area (Å²) < 4.78 is 0. The van der Waals surface area contributed by atoms with Crippen molar-refractivity contribution in [1.29, 1.82) is 0 Å². The van der Waals surface area contributed by atoms with Crippen LogP contribution in [0.5, 0.6) is 0 Å². The summed E-state index contributed by atoms with van der Waals surface area (Å²) in [5.41, 5.74) is 12.4. The molecule has 0 heterocycles. The lowest BCUT2D eigenvalue weighted by molar-refractivity contribution is 0.975. The van der Waals surface area contributed by atoms with Gasteiger partial charge >= 0.3 is 0 Å². The predicted molar refractivity (Wildman–Crippen MR) is 188 cm³/mol. The van der Waals surface area contributed by atoms with Crippen LogP contribution in [0.25, 0.3) is 28.0 Å². The molecule has 0 atom stereocenters. The zero-order valence-corrected chi connectivity index (χ0v) is 25.8. The SMILES string of the molecule is C1=Cc2c(cccc2Cc2ccc(-c3cccc4ccccc34)cc2)CC1.CC.Cc1cccc(Cc2ccccc2)c1. The number of hydrogen-bond donors (Lipinski definition) is 0. The molecule has 0 aliphatic heterocycles. The summed E-state index contributed by atoms with van der Waals surface area (Å²) in [5.74, 6) is 0. The fourth-order valence-electron chi connectivity index (χ4n) is 5.85. The second-order valence-electron chi connectivity index (χ2n) is 11.0. The fourth-order valence-corrected chi connectivity index (χ4v) is 5.85. The number of aryl methyl sites for hydroxylation is 2. The van der Waals surface area contributed by atoms with Crippen LogP contribution in [0.3, 0.4) is 0 Å². The second-order valence-corrected chi connectivity index (χ2v) is 11.0. The van der Waals surface area contributed by atoms with Crippen LogP contribution < -0.4 is 0 Å². The first-order valence-corrected chi connectivity index (χ1v) is 15.7. The van der Waals surface area contributed by atoms with E-state index in [1.807, 2.05) is 13.8 Å². The Morgan fingerprint density at radius 2 is 1.23 bits per heavy atom. The molecule has 0 aromatic heterocycles. The summed E-state index contributed by atoms with van der Waals surface area (Å²) in [6, 6.07) is 50.2. The first kappa shape index (κ1) is 29.8. The Morgan fingerprint density at radius 3 is 2.05 bits per heavy atom. The van der Waals surface area contributed by atoms with Gasteiger partial charge in [0.15, 0.2) is 0 Å². The molecular weight excluding hydrogens is 516 g/mol. The van der Waals surface area contributed by atoms with Gasteiger partial charge in [-0.2, -0.15) is 0 Å². The Morgan fingerprint density at radius 1 is 0.558 bits per heavy atom. The van der Waals surface area contributed by atoms with E-state index in [0.29, 0.717) is 0 Å². The van der Waals surface area contributed by atoms with E-state index in [1.165, 1.54) is 67.3 Å². The average molecular weight is 559 g/mol. The first-order chi connectivity index (χ1) is 21.2. The van der Waals surface area contributed by atoms with Gasteiger partial charge in [-0.05, 0) is 87.9 Å². The van der Waals surface area contributed by atoms with Gasteiger partial charge in [0.1, 0.15) is 0 Å². The molecule has 0 bridgehead atoms. The van der Waals surface area contributed by atoms with Crippen molar-refractivity contribution >= 4 is 16.8 Å². The Hall–Kier alpha value is -4.68. The van der Waals surface area contributed by atoms with Crippen molar-refractivity contribution < 1.29 is 0 Å². The quantitative estimate of drug-likeness (QED) is 0.197. The molecule has 0 fully saturated rings. The van der Waals surface area contributed by atoms with Crippen LogP contribution in [-0.4, -0.2) is 0 Å². The third kappa shape index (κ3) is 7.79. The topological polar surface area (TPSA) is 0 Å². The molecular formula is C43H42. The minimum Gasteiger partial charge on any atom is -0.0836 e. The highest BCUT2D eigenvalue weighted by molar-refractivity contribution is 5.96. The minimum atomic E-state index is 0.989. The van der Waals surface area contributed by atoms with Crippen LogP contribution in [0, 0.1) is 6.92 Å². The van der Waals surface area contributed by atoms with Gasteiger partial charge in [-0.3, -0.25) is 0 Å². The highest BCUT2D eigenvalue weighted by atomic mass is 14.1. The Balaban J connectivity index is 0.000000194. The molecule has 43 heavy (non-hydrogen) atoms. The van der Waals surface area contributed by atoms with Gasteiger partial charge in [-0.25, -0.2) is 0 Å². The molecule has 1 aliphatic rings. The lowest BCUT2D eigenvalue weighted by Crippen LogP contribution is -2.00. The molecule has 0 spiro atoms. The van der Waals surface area contributed by atoms with Crippen molar-refractivity contribution in [1.82, 2.24) is 0 Å². The summed E-state index contributed by atoms with van der Waals surface area (Å²) in [4.78, 5) is 0. The molecule has 0 N–H and O–H groups in total. The van der Waals surface area contributed by atoms with E-state index in [9.17, 15) is 0 Å². The standard InChI is InChI=1S/C27H22.C14H14.C2H6/c1-3-12-25-21(7-1)9-5-11-24(25)19-20-15-17-23(18-16-20)27-14-6-10-22-8-2-4-13-26(22)27;1-12-6-5-9-14(10-12)11-13-7-3-2-4-8-13;1-2/h2-6,8-18H,1,7,19H2;2-10H,11H2,1H3;1-2H3. The maximum absolute atomic E-state index is 2.30. The van der Waals surface area contributed by atoms with Gasteiger partial charge in [0, 0.05) is 0 Å². The van der Waals surface area contributed by atoms with Crippen molar-refractivity contribution in [3.8, 4) is 11.1 Å². The van der Waals surface area contributed by atoms with Crippen LogP contribution in [0.2, 0.25) is 0 Å². The van der Waals surface area contributed by atoms with E-state index in [4.69, 9.17) is 0 Å². The second kappa shape index (κ2) is 15.0. The number of hydrogen-bond acceptors (Lipinski definition) is 0. The normalized spacial score (nSPS) is 11.5. The van der Waals surface area contributed by atoms with E-state index in [2.05, 4.69) is 159 Å². The van der Waals surface area contributed by atoms with E-state index < -0.39 is 0 Å². The lowest BCUT2D eigenvalue weighted by Gasteiger charge is -2.15. The number of allylic oxidation sites excluding steroid dienone is 1. The number of fused-ring (bicyclic) bond motifs is 2. The van der Waals surface area contributed by atoms with Crippen molar-refractivity contribution in [3.63, 3.8) is 0 Å². The zero-order valence-electron chi connectivity index (χ0n) is 25.8. The minimum absolute atomic E-state index is 0.989. The molecule has 6 aromatic rings. The Bertz CT molecular complexity index is 1770. The molecule has 0 unspecified atom stereocenters. The third-order valence-electron chi connectivity index (χ3n) is 7.93. The maximum Gasteiger partial charge on any atom is -0.00197 e. The maximum atomic E-state index is 2.30. The van der Waals surface area contributed by atoms with E-state index in [1.54, 1.807) is 0 Å². The molecule has 0 nitrogen and oxygen atoms in total. The van der Waals surface area contributed by atoms with Crippen LogP contribution in [0.15, 0.2) is 146 Å². The molecule has 0 saturated heterocycles. The third-order valence-corrected chi connectivity index (χ3v) is 7.93. The Kier molecular flexibility index (Phi) is 10.4. The monoisotopic (exact) mass is 558 g/mol. The van der Waals surface area contributed by atoms with E-state index in [0.717, 1.165) is 19.3 Å². The van der Waals surface area contributed by atoms with Gasteiger partial charge in [0.05, 0.1) is 0 Å². The highest BCUT2D eigenvalue weighted by Gasteiger charge is 2.10. The average Bonchev–Trinajstić information content (AvgIpc) is 3.07. The van der Waals surface area contributed by atoms with Gasteiger partial charge in [0.2, 0.25) is 0 Å². The zero-order chi connectivity index (χ0) is 29.9. The van der Waals surface area contributed by atoms with Gasteiger partial charge in [-0.15, -0.1) is 0 Å². The van der Waals surface area contributed by atoms with E-state index >= 15 is 0 Å². The van der Waals surface area contributed by atoms with Crippen LogP contribution in [0.1, 0.15) is 59.2 Å². The summed E-state index contributed by atoms with van der Waals surface area (Å²) in [6.45, 7) is 6.13. The highest BCUT2D eigenvalue weighted by Crippen LogP contribution is 2.30. The largest absolute Gasteiger partial charge is 0.0836 e. The smallest absolute Gasteiger partial charge is 0.00197 e. The molecule has 6 aromatic carbocycles. The number of benzene rings is 6. The molecule has 214 valence electrons. The summed E-state index contributed by atoms with van der Waals surface area (Å²) in [5, 5.41) is 2.61. The molecule has 7 rings (SSSR count). The lowest BCUT2D eigenvalue weighted by atomic mass is 9.90. The van der Waals surface area contributed by atoms with Crippen molar-refractivity contribution in [2.75, 3.05) is 0 Å².